The van der Waals surface area contributed by atoms with E-state index in [1.807, 2.05) is 32.9 Å². The van der Waals surface area contributed by atoms with Crippen molar-refractivity contribution in [1.29, 1.82) is 0 Å². The average Bonchev–Trinajstić information content (AvgIpc) is 2.61. The van der Waals surface area contributed by atoms with Crippen LogP contribution in [0.25, 0.3) is 0 Å². The Morgan fingerprint density at radius 2 is 1.64 bits per heavy atom. The van der Waals surface area contributed by atoms with Crippen LogP contribution in [0.5, 0.6) is 0 Å². The summed E-state index contributed by atoms with van der Waals surface area (Å²) in [6.07, 6.45) is 0. The zero-order valence-electron chi connectivity index (χ0n) is 16.3. The Labute approximate surface area is 169 Å². The summed E-state index contributed by atoms with van der Waals surface area (Å²) < 4.78 is 5.08. The summed E-state index contributed by atoms with van der Waals surface area (Å²) in [4.78, 5) is 36.1. The molecular formula is C21H23ClN2O4. The second-order valence-electron chi connectivity index (χ2n) is 6.59. The van der Waals surface area contributed by atoms with Crippen molar-refractivity contribution in [3.63, 3.8) is 0 Å². The van der Waals surface area contributed by atoms with Crippen LogP contribution in [-0.4, -0.2) is 30.9 Å². The molecule has 0 fully saturated rings. The maximum atomic E-state index is 12.3. The Morgan fingerprint density at radius 3 is 2.29 bits per heavy atom. The predicted octanol–water partition coefficient (Wildman–Crippen LogP) is 3.49. The highest BCUT2D eigenvalue weighted by Crippen LogP contribution is 2.22. The van der Waals surface area contributed by atoms with Gasteiger partial charge in [0.15, 0.2) is 6.61 Å². The Balaban J connectivity index is 1.83. The molecule has 2 amide bonds. The van der Waals surface area contributed by atoms with Gasteiger partial charge in [0.1, 0.15) is 0 Å². The molecule has 0 bridgehead atoms. The van der Waals surface area contributed by atoms with Crippen LogP contribution in [0.3, 0.4) is 0 Å². The van der Waals surface area contributed by atoms with Crippen LogP contribution >= 0.6 is 11.6 Å². The smallest absolute Gasteiger partial charge is 0.339 e. The van der Waals surface area contributed by atoms with Crippen LogP contribution in [0, 0.1) is 27.7 Å². The van der Waals surface area contributed by atoms with Crippen LogP contribution in [0.1, 0.15) is 32.6 Å². The van der Waals surface area contributed by atoms with Crippen molar-refractivity contribution >= 4 is 35.1 Å². The van der Waals surface area contributed by atoms with Crippen molar-refractivity contribution in [1.82, 2.24) is 5.32 Å². The number of carbonyl (C=O) groups is 3. The fourth-order valence-electron chi connectivity index (χ4n) is 2.87. The number of ether oxygens (including phenoxy) is 1. The first kappa shape index (κ1) is 21.4. The van der Waals surface area contributed by atoms with Gasteiger partial charge in [0.2, 0.25) is 5.91 Å². The minimum atomic E-state index is -0.566. The van der Waals surface area contributed by atoms with E-state index in [1.54, 1.807) is 25.1 Å². The number of esters is 1. The van der Waals surface area contributed by atoms with Gasteiger partial charge in [0.25, 0.3) is 5.91 Å². The summed E-state index contributed by atoms with van der Waals surface area (Å²) in [5.41, 5.74) is 4.39. The topological polar surface area (TPSA) is 84.5 Å². The van der Waals surface area contributed by atoms with Gasteiger partial charge < -0.3 is 15.4 Å². The third kappa shape index (κ3) is 5.57. The highest BCUT2D eigenvalue weighted by molar-refractivity contribution is 6.31. The molecule has 2 N–H and O–H groups in total. The second-order valence-corrected chi connectivity index (χ2v) is 6.99. The number of anilines is 1. The number of hydrogen-bond donors (Lipinski definition) is 2. The van der Waals surface area contributed by atoms with Gasteiger partial charge in [-0.3, -0.25) is 9.59 Å². The number of aryl methyl sites for hydroxylation is 3. The standard InChI is InChI=1S/C21H23ClN2O4/c1-12-8-13(2)20(14(3)9-12)21(27)28-11-19(26)23-10-18(25)24-17-7-5-6-16(22)15(17)4/h5-9H,10-11H2,1-4H3,(H,23,26)(H,24,25). The van der Waals surface area contributed by atoms with Gasteiger partial charge in [-0.1, -0.05) is 35.4 Å². The zero-order valence-corrected chi connectivity index (χ0v) is 17.1. The molecule has 28 heavy (non-hydrogen) atoms. The Bertz CT molecular complexity index is 902. The van der Waals surface area contributed by atoms with Crippen LogP contribution in [0.2, 0.25) is 5.02 Å². The summed E-state index contributed by atoms with van der Waals surface area (Å²) in [6.45, 7) is 6.65. The van der Waals surface area contributed by atoms with Crippen molar-refractivity contribution in [2.24, 2.45) is 0 Å². The van der Waals surface area contributed by atoms with Crippen LogP contribution in [-0.2, 0) is 14.3 Å². The molecule has 0 saturated carbocycles. The van der Waals surface area contributed by atoms with Gasteiger partial charge in [-0.25, -0.2) is 4.79 Å². The lowest BCUT2D eigenvalue weighted by molar-refractivity contribution is -0.126. The number of rotatable bonds is 6. The third-order valence-electron chi connectivity index (χ3n) is 4.20. The van der Waals surface area contributed by atoms with Crippen molar-refractivity contribution in [2.45, 2.75) is 27.7 Å². The van der Waals surface area contributed by atoms with E-state index in [4.69, 9.17) is 16.3 Å². The van der Waals surface area contributed by atoms with E-state index in [0.717, 1.165) is 22.3 Å². The molecular weight excluding hydrogens is 380 g/mol. The largest absolute Gasteiger partial charge is 0.452 e. The molecule has 6 nitrogen and oxygen atoms in total. The number of hydrogen-bond acceptors (Lipinski definition) is 4. The van der Waals surface area contributed by atoms with Crippen molar-refractivity contribution in [2.75, 3.05) is 18.5 Å². The molecule has 7 heteroatoms. The van der Waals surface area contributed by atoms with Crippen LogP contribution < -0.4 is 10.6 Å². The van der Waals surface area contributed by atoms with E-state index >= 15 is 0 Å². The molecule has 0 radical (unpaired) electrons. The Hall–Kier alpha value is -2.86. The van der Waals surface area contributed by atoms with Gasteiger partial charge in [0, 0.05) is 10.7 Å². The Morgan fingerprint density at radius 1 is 1.00 bits per heavy atom. The van der Waals surface area contributed by atoms with Crippen molar-refractivity contribution < 1.29 is 19.1 Å². The lowest BCUT2D eigenvalue weighted by Gasteiger charge is -2.12. The molecule has 148 valence electrons. The molecule has 0 aliphatic carbocycles. The summed E-state index contributed by atoms with van der Waals surface area (Å²) in [6, 6.07) is 8.92. The summed E-state index contributed by atoms with van der Waals surface area (Å²) in [5, 5.41) is 5.63. The van der Waals surface area contributed by atoms with Crippen molar-refractivity contribution in [3.8, 4) is 0 Å². The molecule has 2 rings (SSSR count). The molecule has 0 aromatic heterocycles. The van der Waals surface area contributed by atoms with E-state index in [1.165, 1.54) is 0 Å². The first-order valence-corrected chi connectivity index (χ1v) is 9.13. The maximum absolute atomic E-state index is 12.3. The Kier molecular flexibility index (Phi) is 7.18. The summed E-state index contributed by atoms with van der Waals surface area (Å²) in [5.74, 6) is -1.53. The van der Waals surface area contributed by atoms with E-state index < -0.39 is 24.4 Å². The monoisotopic (exact) mass is 402 g/mol. The van der Waals surface area contributed by atoms with E-state index in [2.05, 4.69) is 10.6 Å². The lowest BCUT2D eigenvalue weighted by Crippen LogP contribution is -2.35. The molecule has 0 aliphatic heterocycles. The predicted molar refractivity (Wildman–Crippen MR) is 109 cm³/mol. The third-order valence-corrected chi connectivity index (χ3v) is 4.61. The number of halogens is 1. The molecule has 0 heterocycles. The molecule has 0 aliphatic rings. The molecule has 0 saturated heterocycles. The number of nitrogens with one attached hydrogen (secondary N) is 2. The van der Waals surface area contributed by atoms with Gasteiger partial charge >= 0.3 is 5.97 Å². The molecule has 2 aromatic carbocycles. The lowest BCUT2D eigenvalue weighted by atomic mass is 10.00. The first-order chi connectivity index (χ1) is 13.2. The minimum Gasteiger partial charge on any atom is -0.452 e. The van der Waals surface area contributed by atoms with Gasteiger partial charge in [-0.2, -0.15) is 0 Å². The maximum Gasteiger partial charge on any atom is 0.339 e. The highest BCUT2D eigenvalue weighted by Gasteiger charge is 2.16. The SMILES string of the molecule is Cc1cc(C)c(C(=O)OCC(=O)NCC(=O)Nc2cccc(Cl)c2C)c(C)c1. The quantitative estimate of drug-likeness (QED) is 0.724. The summed E-state index contributed by atoms with van der Waals surface area (Å²) in [7, 11) is 0. The molecule has 0 atom stereocenters. The normalized spacial score (nSPS) is 10.3. The first-order valence-electron chi connectivity index (χ1n) is 8.75. The average molecular weight is 403 g/mol. The highest BCUT2D eigenvalue weighted by atomic mass is 35.5. The number of amides is 2. The van der Waals surface area contributed by atoms with E-state index in [9.17, 15) is 14.4 Å². The van der Waals surface area contributed by atoms with Gasteiger partial charge in [-0.05, 0) is 56.5 Å². The van der Waals surface area contributed by atoms with Crippen LogP contribution in [0.4, 0.5) is 5.69 Å². The molecule has 2 aromatic rings. The van der Waals surface area contributed by atoms with E-state index in [-0.39, 0.29) is 6.54 Å². The fourth-order valence-corrected chi connectivity index (χ4v) is 3.05. The van der Waals surface area contributed by atoms with E-state index in [0.29, 0.717) is 16.3 Å². The van der Waals surface area contributed by atoms with Crippen molar-refractivity contribution in [3.05, 3.63) is 63.2 Å². The molecule has 0 unspecified atom stereocenters. The van der Waals surface area contributed by atoms with Gasteiger partial charge in [-0.15, -0.1) is 0 Å². The zero-order chi connectivity index (χ0) is 20.8. The molecule has 0 spiro atoms. The minimum absolute atomic E-state index is 0.245. The summed E-state index contributed by atoms with van der Waals surface area (Å²) >= 11 is 6.01. The second kappa shape index (κ2) is 9.37. The number of carbonyl (C=O) groups excluding carboxylic acids is 3. The van der Waals surface area contributed by atoms with Crippen LogP contribution in [0.15, 0.2) is 30.3 Å². The van der Waals surface area contributed by atoms with Gasteiger partial charge in [0.05, 0.1) is 12.1 Å². The fraction of sp³-hybridized carbons (Fsp3) is 0.286. The number of benzene rings is 2.